The van der Waals surface area contributed by atoms with Crippen LogP contribution >= 0.6 is 0 Å². The van der Waals surface area contributed by atoms with Crippen LogP contribution in [0.3, 0.4) is 0 Å². The van der Waals surface area contributed by atoms with Gasteiger partial charge in [0, 0.05) is 6.42 Å². The van der Waals surface area contributed by atoms with Gasteiger partial charge >= 0.3 is 0 Å². The summed E-state index contributed by atoms with van der Waals surface area (Å²) in [5.41, 5.74) is 0. The van der Waals surface area contributed by atoms with Gasteiger partial charge in [-0.2, -0.15) is 0 Å². The number of carbonyl (C=O) groups excluding carboxylic acids is 1. The largest absolute Gasteiger partial charge is 0.473 e. The Morgan fingerprint density at radius 3 is 2.50 bits per heavy atom. The Morgan fingerprint density at radius 1 is 1.60 bits per heavy atom. The van der Waals surface area contributed by atoms with Gasteiger partial charge in [-0.25, -0.2) is 0 Å². The van der Waals surface area contributed by atoms with Gasteiger partial charge in [0.05, 0.1) is 6.61 Å². The molecule has 4 nitrogen and oxygen atoms in total. The van der Waals surface area contributed by atoms with Crippen LogP contribution in [-0.4, -0.2) is 23.5 Å². The minimum atomic E-state index is -0.288. The molecule has 0 saturated carbocycles. The Kier molecular flexibility index (Phi) is 4.28. The number of carbonyl (C=O) groups is 1. The van der Waals surface area contributed by atoms with Crippen molar-refractivity contribution >= 4 is 11.7 Å². The molecule has 0 aromatic heterocycles. The SMILES string of the molecule is CCO/C(=N\O)C(=O)CC. The van der Waals surface area contributed by atoms with E-state index in [4.69, 9.17) is 9.94 Å². The monoisotopic (exact) mass is 145 g/mol. The van der Waals surface area contributed by atoms with Crippen molar-refractivity contribution in [1.82, 2.24) is 0 Å². The number of ketones is 1. The van der Waals surface area contributed by atoms with E-state index in [1.165, 1.54) is 0 Å². The minimum Gasteiger partial charge on any atom is -0.473 e. The van der Waals surface area contributed by atoms with Gasteiger partial charge in [-0.05, 0) is 12.1 Å². The molecule has 0 bridgehead atoms. The Balaban J connectivity index is 3.95. The van der Waals surface area contributed by atoms with Gasteiger partial charge in [0.25, 0.3) is 5.90 Å². The van der Waals surface area contributed by atoms with Crippen molar-refractivity contribution in [3.63, 3.8) is 0 Å². The maximum Gasteiger partial charge on any atom is 0.293 e. The lowest BCUT2D eigenvalue weighted by molar-refractivity contribution is -0.114. The van der Waals surface area contributed by atoms with Gasteiger partial charge in [0.2, 0.25) is 5.78 Å². The van der Waals surface area contributed by atoms with Crippen LogP contribution in [0.2, 0.25) is 0 Å². The molecule has 0 aliphatic heterocycles. The van der Waals surface area contributed by atoms with Gasteiger partial charge in [0.1, 0.15) is 0 Å². The summed E-state index contributed by atoms with van der Waals surface area (Å²) >= 11 is 0. The summed E-state index contributed by atoms with van der Waals surface area (Å²) < 4.78 is 4.69. The molecule has 0 aromatic rings. The first-order valence-electron chi connectivity index (χ1n) is 3.14. The second-order valence-corrected chi connectivity index (χ2v) is 1.61. The number of hydrogen-bond donors (Lipinski definition) is 1. The molecular weight excluding hydrogens is 134 g/mol. The lowest BCUT2D eigenvalue weighted by Crippen LogP contribution is -2.16. The number of oxime groups is 1. The third-order valence-corrected chi connectivity index (χ3v) is 0.932. The molecule has 0 atom stereocenters. The second kappa shape index (κ2) is 4.78. The van der Waals surface area contributed by atoms with Crippen molar-refractivity contribution in [2.75, 3.05) is 6.61 Å². The Bertz CT molecular complexity index is 142. The van der Waals surface area contributed by atoms with Crippen LogP contribution in [0.5, 0.6) is 0 Å². The van der Waals surface area contributed by atoms with E-state index in [0.717, 1.165) is 0 Å². The minimum absolute atomic E-state index is 0.204. The normalized spacial score (nSPS) is 11.2. The standard InChI is InChI=1S/C6H11NO3/c1-3-5(8)6(7-9)10-4-2/h9H,3-4H2,1-2H3/b7-6-. The first kappa shape index (κ1) is 8.94. The Hall–Kier alpha value is -1.06. The van der Waals surface area contributed by atoms with E-state index < -0.39 is 0 Å². The highest BCUT2D eigenvalue weighted by Gasteiger charge is 2.09. The second-order valence-electron chi connectivity index (χ2n) is 1.61. The van der Waals surface area contributed by atoms with E-state index in [1.54, 1.807) is 13.8 Å². The molecule has 0 aromatic carbocycles. The molecule has 0 aliphatic rings. The van der Waals surface area contributed by atoms with Gasteiger partial charge < -0.3 is 9.94 Å². The van der Waals surface area contributed by atoms with Gasteiger partial charge in [0.15, 0.2) is 0 Å². The fourth-order valence-corrected chi connectivity index (χ4v) is 0.453. The number of rotatable bonds is 3. The topological polar surface area (TPSA) is 58.9 Å². The van der Waals surface area contributed by atoms with Crippen molar-refractivity contribution in [3.8, 4) is 0 Å². The zero-order valence-corrected chi connectivity index (χ0v) is 6.13. The van der Waals surface area contributed by atoms with Crippen LogP contribution in [0.1, 0.15) is 20.3 Å². The van der Waals surface area contributed by atoms with E-state index in [0.29, 0.717) is 13.0 Å². The summed E-state index contributed by atoms with van der Waals surface area (Å²) in [6, 6.07) is 0. The first-order valence-corrected chi connectivity index (χ1v) is 3.14. The molecule has 0 rings (SSSR count). The molecule has 10 heavy (non-hydrogen) atoms. The summed E-state index contributed by atoms with van der Waals surface area (Å²) in [7, 11) is 0. The maximum atomic E-state index is 10.7. The Labute approximate surface area is 59.5 Å². The van der Waals surface area contributed by atoms with Crippen molar-refractivity contribution in [2.45, 2.75) is 20.3 Å². The summed E-state index contributed by atoms with van der Waals surface area (Å²) in [5.74, 6) is -0.491. The van der Waals surface area contributed by atoms with E-state index in [1.807, 2.05) is 0 Å². The molecule has 58 valence electrons. The summed E-state index contributed by atoms with van der Waals surface area (Å²) in [5, 5.41) is 10.9. The molecule has 0 saturated heterocycles. The van der Waals surface area contributed by atoms with Crippen LogP contribution in [-0.2, 0) is 9.53 Å². The molecule has 0 unspecified atom stereocenters. The third kappa shape index (κ3) is 2.48. The number of Topliss-reactive ketones (excluding diaryl/α,β-unsaturated/α-hetero) is 1. The first-order chi connectivity index (χ1) is 4.76. The van der Waals surface area contributed by atoms with Crippen molar-refractivity contribution in [3.05, 3.63) is 0 Å². The predicted molar refractivity (Wildman–Crippen MR) is 36.1 cm³/mol. The summed E-state index contributed by atoms with van der Waals surface area (Å²) in [4.78, 5) is 10.7. The van der Waals surface area contributed by atoms with Crippen LogP contribution in [0.15, 0.2) is 5.16 Å². The van der Waals surface area contributed by atoms with E-state index in [2.05, 4.69) is 5.16 Å². The van der Waals surface area contributed by atoms with Crippen LogP contribution in [0, 0.1) is 0 Å². The average Bonchev–Trinajstić information content (AvgIpc) is 1.99. The molecule has 4 heteroatoms. The maximum absolute atomic E-state index is 10.7. The predicted octanol–water partition coefficient (Wildman–Crippen LogP) is 0.790. The van der Waals surface area contributed by atoms with Crippen LogP contribution < -0.4 is 0 Å². The zero-order chi connectivity index (χ0) is 7.98. The highest BCUT2D eigenvalue weighted by molar-refractivity contribution is 6.35. The van der Waals surface area contributed by atoms with Gasteiger partial charge in [-0.1, -0.05) is 6.92 Å². The average molecular weight is 145 g/mol. The molecule has 0 fully saturated rings. The molecule has 0 radical (unpaired) electrons. The number of nitrogens with zero attached hydrogens (tertiary/aromatic N) is 1. The molecule has 0 amide bonds. The molecule has 0 spiro atoms. The molecule has 0 aliphatic carbocycles. The quantitative estimate of drug-likeness (QED) is 0.276. The van der Waals surface area contributed by atoms with Crippen LogP contribution in [0.25, 0.3) is 0 Å². The lowest BCUT2D eigenvalue weighted by atomic mass is 10.3. The van der Waals surface area contributed by atoms with E-state index in [9.17, 15) is 4.79 Å². The smallest absolute Gasteiger partial charge is 0.293 e. The Morgan fingerprint density at radius 2 is 2.20 bits per heavy atom. The van der Waals surface area contributed by atoms with Gasteiger partial charge in [-0.15, -0.1) is 0 Å². The lowest BCUT2D eigenvalue weighted by Gasteiger charge is -2.00. The molecule has 0 heterocycles. The van der Waals surface area contributed by atoms with Crippen LogP contribution in [0.4, 0.5) is 0 Å². The number of ether oxygens (including phenoxy) is 1. The van der Waals surface area contributed by atoms with Gasteiger partial charge in [-0.3, -0.25) is 4.79 Å². The van der Waals surface area contributed by atoms with E-state index >= 15 is 0 Å². The highest BCUT2D eigenvalue weighted by Crippen LogP contribution is 1.88. The fourth-order valence-electron chi connectivity index (χ4n) is 0.453. The number of hydrogen-bond acceptors (Lipinski definition) is 4. The van der Waals surface area contributed by atoms with E-state index in [-0.39, 0.29) is 11.7 Å². The molecular formula is C6H11NO3. The molecule has 1 N–H and O–H groups in total. The van der Waals surface area contributed by atoms with Crippen molar-refractivity contribution in [2.24, 2.45) is 5.16 Å². The van der Waals surface area contributed by atoms with Crippen molar-refractivity contribution < 1.29 is 14.7 Å². The zero-order valence-electron chi connectivity index (χ0n) is 6.13. The van der Waals surface area contributed by atoms with Crippen molar-refractivity contribution in [1.29, 1.82) is 0 Å². The summed E-state index contributed by atoms with van der Waals surface area (Å²) in [6.45, 7) is 3.73. The summed E-state index contributed by atoms with van der Waals surface area (Å²) in [6.07, 6.45) is 0.291. The fraction of sp³-hybridized carbons (Fsp3) is 0.667. The third-order valence-electron chi connectivity index (χ3n) is 0.932. The highest BCUT2D eigenvalue weighted by atomic mass is 16.5.